The molecular weight excluding hydrogens is 330 g/mol. The van der Waals surface area contributed by atoms with E-state index in [1.807, 2.05) is 24.3 Å². The normalized spacial score (nSPS) is 10.8. The van der Waals surface area contributed by atoms with Crippen LogP contribution in [0.15, 0.2) is 47.1 Å². The summed E-state index contributed by atoms with van der Waals surface area (Å²) >= 11 is 0. The number of carbonyl (C=O) groups excluding carboxylic acids is 1. The fourth-order valence-electron chi connectivity index (χ4n) is 2.44. The van der Waals surface area contributed by atoms with Crippen molar-refractivity contribution in [3.05, 3.63) is 54.0 Å². The minimum absolute atomic E-state index is 0.184. The van der Waals surface area contributed by atoms with Crippen molar-refractivity contribution in [2.45, 2.75) is 39.2 Å². The number of furan rings is 1. The van der Waals surface area contributed by atoms with Crippen LogP contribution in [0.4, 0.5) is 0 Å². The molecule has 0 aliphatic carbocycles. The third-order valence-electron chi connectivity index (χ3n) is 3.89. The van der Waals surface area contributed by atoms with Crippen molar-refractivity contribution < 1.29 is 18.7 Å². The molecule has 140 valence electrons. The Morgan fingerprint density at radius 1 is 1.19 bits per heavy atom. The third-order valence-corrected chi connectivity index (χ3v) is 3.89. The fraction of sp³-hybridized carbons (Fsp3) is 0.381. The van der Waals surface area contributed by atoms with Crippen LogP contribution in [0.2, 0.25) is 0 Å². The van der Waals surface area contributed by atoms with Crippen LogP contribution in [-0.2, 0) is 11.3 Å². The van der Waals surface area contributed by atoms with E-state index in [2.05, 4.69) is 12.2 Å². The van der Waals surface area contributed by atoms with Gasteiger partial charge in [-0.15, -0.1) is 0 Å². The van der Waals surface area contributed by atoms with E-state index < -0.39 is 0 Å². The van der Waals surface area contributed by atoms with Gasteiger partial charge in [0.05, 0.1) is 26.5 Å². The van der Waals surface area contributed by atoms with Crippen LogP contribution in [0, 0.1) is 0 Å². The smallest absolute Gasteiger partial charge is 0.244 e. The molecule has 1 amide bonds. The molecule has 0 bridgehead atoms. The second kappa shape index (κ2) is 11.0. The maximum Gasteiger partial charge on any atom is 0.244 e. The first kappa shape index (κ1) is 19.6. The highest BCUT2D eigenvalue weighted by Gasteiger charge is 2.05. The summed E-state index contributed by atoms with van der Waals surface area (Å²) < 4.78 is 16.4. The highest BCUT2D eigenvalue weighted by Crippen LogP contribution is 2.28. The Balaban J connectivity index is 1.85. The fourth-order valence-corrected chi connectivity index (χ4v) is 2.44. The number of rotatable bonds is 11. The second-order valence-electron chi connectivity index (χ2n) is 5.95. The highest BCUT2D eigenvalue weighted by molar-refractivity contribution is 5.91. The molecule has 0 atom stereocenters. The minimum atomic E-state index is -0.184. The van der Waals surface area contributed by atoms with E-state index in [1.54, 1.807) is 25.5 Å². The summed E-state index contributed by atoms with van der Waals surface area (Å²) in [4.78, 5) is 11.9. The van der Waals surface area contributed by atoms with E-state index in [0.29, 0.717) is 24.7 Å². The first-order chi connectivity index (χ1) is 12.7. The van der Waals surface area contributed by atoms with Crippen LogP contribution < -0.4 is 14.8 Å². The minimum Gasteiger partial charge on any atom is -0.493 e. The summed E-state index contributed by atoms with van der Waals surface area (Å²) in [5, 5.41) is 2.76. The molecule has 0 saturated heterocycles. The molecule has 5 nitrogen and oxygen atoms in total. The summed E-state index contributed by atoms with van der Waals surface area (Å²) in [7, 11) is 1.61. The monoisotopic (exact) mass is 357 g/mol. The lowest BCUT2D eigenvalue weighted by Gasteiger charge is -2.11. The molecule has 1 N–H and O–H groups in total. The van der Waals surface area contributed by atoms with Crippen LogP contribution in [0.1, 0.15) is 43.9 Å². The van der Waals surface area contributed by atoms with Gasteiger partial charge in [-0.05, 0) is 42.3 Å². The SMILES string of the molecule is CCCCCCOc1ccc(/C=C/C(=O)NCc2ccco2)cc1OC. The van der Waals surface area contributed by atoms with E-state index in [4.69, 9.17) is 13.9 Å². The lowest BCUT2D eigenvalue weighted by molar-refractivity contribution is -0.116. The summed E-state index contributed by atoms with van der Waals surface area (Å²) in [6.45, 7) is 3.23. The summed E-state index contributed by atoms with van der Waals surface area (Å²) in [6.07, 6.45) is 9.46. The van der Waals surface area contributed by atoms with Crippen molar-refractivity contribution in [1.82, 2.24) is 5.32 Å². The lowest BCUT2D eigenvalue weighted by atomic mass is 10.2. The quantitative estimate of drug-likeness (QED) is 0.472. The Bertz CT molecular complexity index is 692. The average Bonchev–Trinajstić information content (AvgIpc) is 3.18. The molecule has 0 radical (unpaired) electrons. The number of unbranched alkanes of at least 4 members (excludes halogenated alkanes) is 3. The Kier molecular flexibility index (Phi) is 8.33. The third kappa shape index (κ3) is 6.67. The number of carbonyl (C=O) groups is 1. The summed E-state index contributed by atoms with van der Waals surface area (Å²) in [5.74, 6) is 1.92. The van der Waals surface area contributed by atoms with Crippen molar-refractivity contribution in [3.63, 3.8) is 0 Å². The van der Waals surface area contributed by atoms with E-state index in [1.165, 1.54) is 25.3 Å². The lowest BCUT2D eigenvalue weighted by Crippen LogP contribution is -2.19. The standard InChI is InChI=1S/C21H27NO4/c1-3-4-5-6-13-26-19-11-9-17(15-20(19)24-2)10-12-21(23)22-16-18-8-7-14-25-18/h7-12,14-15H,3-6,13,16H2,1-2H3,(H,22,23)/b12-10+. The molecule has 26 heavy (non-hydrogen) atoms. The Morgan fingerprint density at radius 2 is 2.08 bits per heavy atom. The second-order valence-corrected chi connectivity index (χ2v) is 5.95. The van der Waals surface area contributed by atoms with Crippen LogP contribution in [0.3, 0.4) is 0 Å². The number of ether oxygens (including phenoxy) is 2. The van der Waals surface area contributed by atoms with E-state index in [-0.39, 0.29) is 5.91 Å². The molecule has 1 aromatic heterocycles. The van der Waals surface area contributed by atoms with E-state index in [0.717, 1.165) is 17.7 Å². The zero-order valence-corrected chi connectivity index (χ0v) is 15.5. The van der Waals surface area contributed by atoms with Crippen LogP contribution in [-0.4, -0.2) is 19.6 Å². The van der Waals surface area contributed by atoms with Crippen LogP contribution in [0.5, 0.6) is 11.5 Å². The van der Waals surface area contributed by atoms with Gasteiger partial charge in [0.15, 0.2) is 11.5 Å². The predicted molar refractivity (Wildman–Crippen MR) is 102 cm³/mol. The molecule has 5 heteroatoms. The molecule has 1 aromatic carbocycles. The largest absolute Gasteiger partial charge is 0.493 e. The number of hydrogen-bond acceptors (Lipinski definition) is 4. The van der Waals surface area contributed by atoms with Gasteiger partial charge in [-0.25, -0.2) is 0 Å². The highest BCUT2D eigenvalue weighted by atomic mass is 16.5. The summed E-state index contributed by atoms with van der Waals surface area (Å²) in [6, 6.07) is 9.24. The predicted octanol–water partition coefficient (Wildman–Crippen LogP) is 4.58. The van der Waals surface area contributed by atoms with Crippen LogP contribution >= 0.6 is 0 Å². The molecular formula is C21H27NO4. The first-order valence-electron chi connectivity index (χ1n) is 9.02. The van der Waals surface area contributed by atoms with Gasteiger partial charge in [0.2, 0.25) is 5.91 Å². The number of amides is 1. The molecule has 0 fully saturated rings. The topological polar surface area (TPSA) is 60.7 Å². The maximum absolute atomic E-state index is 11.9. The molecule has 2 rings (SSSR count). The van der Waals surface area contributed by atoms with Gasteiger partial charge in [-0.3, -0.25) is 4.79 Å². The maximum atomic E-state index is 11.9. The van der Waals surface area contributed by atoms with Crippen molar-refractivity contribution in [2.24, 2.45) is 0 Å². The molecule has 0 aliphatic heterocycles. The van der Waals surface area contributed by atoms with Crippen molar-refractivity contribution in [3.8, 4) is 11.5 Å². The number of benzene rings is 1. The zero-order valence-electron chi connectivity index (χ0n) is 15.5. The van der Waals surface area contributed by atoms with Crippen LogP contribution in [0.25, 0.3) is 6.08 Å². The Labute approximate surface area is 155 Å². The van der Waals surface area contributed by atoms with Gasteiger partial charge < -0.3 is 19.2 Å². The van der Waals surface area contributed by atoms with Crippen molar-refractivity contribution in [2.75, 3.05) is 13.7 Å². The number of methoxy groups -OCH3 is 1. The van der Waals surface area contributed by atoms with Crippen molar-refractivity contribution >= 4 is 12.0 Å². The Hall–Kier alpha value is -2.69. The van der Waals surface area contributed by atoms with Gasteiger partial charge in [-0.2, -0.15) is 0 Å². The molecule has 2 aromatic rings. The van der Waals surface area contributed by atoms with E-state index in [9.17, 15) is 4.79 Å². The molecule has 0 unspecified atom stereocenters. The summed E-state index contributed by atoms with van der Waals surface area (Å²) in [5.41, 5.74) is 0.869. The number of nitrogens with one attached hydrogen (secondary N) is 1. The number of hydrogen-bond donors (Lipinski definition) is 1. The van der Waals surface area contributed by atoms with Gasteiger partial charge in [0.1, 0.15) is 5.76 Å². The molecule has 1 heterocycles. The van der Waals surface area contributed by atoms with Gasteiger partial charge in [0.25, 0.3) is 0 Å². The Morgan fingerprint density at radius 3 is 2.81 bits per heavy atom. The van der Waals surface area contributed by atoms with Gasteiger partial charge in [-0.1, -0.05) is 32.3 Å². The van der Waals surface area contributed by atoms with Crippen molar-refractivity contribution in [1.29, 1.82) is 0 Å². The molecule has 0 spiro atoms. The average molecular weight is 357 g/mol. The van der Waals surface area contributed by atoms with Gasteiger partial charge >= 0.3 is 0 Å². The first-order valence-corrected chi connectivity index (χ1v) is 9.02. The zero-order chi connectivity index (χ0) is 18.6. The van der Waals surface area contributed by atoms with Gasteiger partial charge in [0, 0.05) is 6.08 Å². The van der Waals surface area contributed by atoms with E-state index >= 15 is 0 Å². The molecule has 0 saturated carbocycles. The molecule has 0 aliphatic rings.